The highest BCUT2D eigenvalue weighted by Gasteiger charge is 2.08. The van der Waals surface area contributed by atoms with Gasteiger partial charge in [-0.05, 0) is 36.8 Å². The molecule has 0 aliphatic carbocycles. The number of aromatic nitrogens is 1. The lowest BCUT2D eigenvalue weighted by molar-refractivity contribution is 0.102. The summed E-state index contributed by atoms with van der Waals surface area (Å²) < 4.78 is 0. The van der Waals surface area contributed by atoms with Crippen LogP contribution in [0, 0.1) is 6.92 Å². The second-order valence-corrected chi connectivity index (χ2v) is 4.30. The molecule has 0 saturated heterocycles. The highest BCUT2D eigenvalue weighted by atomic mass is 35.5. The smallest absolute Gasteiger partial charge is 0.255 e. The van der Waals surface area contributed by atoms with Crippen molar-refractivity contribution in [3.63, 3.8) is 0 Å². The lowest BCUT2D eigenvalue weighted by Crippen LogP contribution is -2.13. The van der Waals surface area contributed by atoms with Gasteiger partial charge >= 0.3 is 0 Å². The van der Waals surface area contributed by atoms with Gasteiger partial charge in [-0.2, -0.15) is 0 Å². The molecule has 0 saturated carbocycles. The zero-order valence-corrected chi connectivity index (χ0v) is 10.5. The number of benzene rings is 1. The Morgan fingerprint density at radius 3 is 2.78 bits per heavy atom. The molecule has 0 fully saturated rings. The van der Waals surface area contributed by atoms with Gasteiger partial charge in [0.2, 0.25) is 0 Å². The van der Waals surface area contributed by atoms with Gasteiger partial charge in [0.1, 0.15) is 5.15 Å². The Bertz CT molecular complexity index is 599. The maximum Gasteiger partial charge on any atom is 0.255 e. The van der Waals surface area contributed by atoms with Gasteiger partial charge in [-0.25, -0.2) is 4.98 Å². The minimum atomic E-state index is -0.269. The van der Waals surface area contributed by atoms with E-state index >= 15 is 0 Å². The predicted molar refractivity (Wildman–Crippen MR) is 72.8 cm³/mol. The Kier molecular flexibility index (Phi) is 3.48. The largest absolute Gasteiger partial charge is 0.397 e. The van der Waals surface area contributed by atoms with Gasteiger partial charge in [-0.1, -0.05) is 17.7 Å². The summed E-state index contributed by atoms with van der Waals surface area (Å²) in [5.41, 5.74) is 8.42. The van der Waals surface area contributed by atoms with Crippen molar-refractivity contribution in [3.8, 4) is 0 Å². The van der Waals surface area contributed by atoms with E-state index in [0.717, 1.165) is 5.56 Å². The van der Waals surface area contributed by atoms with Gasteiger partial charge in [0, 0.05) is 11.8 Å². The summed E-state index contributed by atoms with van der Waals surface area (Å²) in [6.07, 6.45) is 1.48. The number of carbonyl (C=O) groups excluding carboxylic acids is 1. The second kappa shape index (κ2) is 5.06. The zero-order chi connectivity index (χ0) is 13.1. The van der Waals surface area contributed by atoms with E-state index in [9.17, 15) is 4.79 Å². The van der Waals surface area contributed by atoms with Crippen LogP contribution in [-0.2, 0) is 0 Å². The standard InChI is InChI=1S/C13H12ClN3O/c1-8-2-3-11(10(15)6-8)17-13(18)9-4-5-16-12(14)7-9/h2-7H,15H2,1H3,(H,17,18). The Morgan fingerprint density at radius 2 is 2.11 bits per heavy atom. The highest BCUT2D eigenvalue weighted by molar-refractivity contribution is 6.29. The first-order chi connectivity index (χ1) is 8.56. The topological polar surface area (TPSA) is 68.0 Å². The molecule has 18 heavy (non-hydrogen) atoms. The number of nitrogens with zero attached hydrogens (tertiary/aromatic N) is 1. The SMILES string of the molecule is Cc1ccc(NC(=O)c2ccnc(Cl)c2)c(N)c1. The van der Waals surface area contributed by atoms with Crippen molar-refractivity contribution in [2.45, 2.75) is 6.92 Å². The van der Waals surface area contributed by atoms with Crippen molar-refractivity contribution in [1.82, 2.24) is 4.98 Å². The Morgan fingerprint density at radius 1 is 1.33 bits per heavy atom. The molecule has 0 atom stereocenters. The van der Waals surface area contributed by atoms with E-state index in [1.54, 1.807) is 18.2 Å². The first-order valence-corrected chi connectivity index (χ1v) is 5.73. The van der Waals surface area contributed by atoms with Crippen LogP contribution >= 0.6 is 11.6 Å². The van der Waals surface area contributed by atoms with Crippen LogP contribution in [0.5, 0.6) is 0 Å². The molecule has 0 bridgehead atoms. The van der Waals surface area contributed by atoms with Crippen LogP contribution in [0.2, 0.25) is 5.15 Å². The number of halogens is 1. The third-order valence-corrected chi connectivity index (χ3v) is 2.65. The van der Waals surface area contributed by atoms with E-state index in [4.69, 9.17) is 17.3 Å². The van der Waals surface area contributed by atoms with Crippen LogP contribution in [0.3, 0.4) is 0 Å². The minimum absolute atomic E-state index is 0.269. The molecule has 1 aromatic carbocycles. The number of hydrogen-bond donors (Lipinski definition) is 2. The Balaban J connectivity index is 2.21. The molecular weight excluding hydrogens is 250 g/mol. The van der Waals surface area contributed by atoms with Gasteiger partial charge in [0.25, 0.3) is 5.91 Å². The van der Waals surface area contributed by atoms with Crippen LogP contribution in [0.15, 0.2) is 36.5 Å². The van der Waals surface area contributed by atoms with E-state index in [-0.39, 0.29) is 11.1 Å². The lowest BCUT2D eigenvalue weighted by atomic mass is 10.2. The molecule has 0 radical (unpaired) electrons. The number of pyridine rings is 1. The van der Waals surface area contributed by atoms with Gasteiger partial charge < -0.3 is 11.1 Å². The molecule has 0 aliphatic heterocycles. The van der Waals surface area contributed by atoms with Crippen molar-refractivity contribution in [1.29, 1.82) is 0 Å². The molecule has 4 nitrogen and oxygen atoms in total. The molecule has 0 unspecified atom stereocenters. The molecule has 3 N–H and O–H groups in total. The van der Waals surface area contributed by atoms with Crippen LogP contribution in [0.25, 0.3) is 0 Å². The number of nitrogen functional groups attached to an aromatic ring is 1. The monoisotopic (exact) mass is 261 g/mol. The van der Waals surface area contributed by atoms with E-state index in [2.05, 4.69) is 10.3 Å². The average Bonchev–Trinajstić information content (AvgIpc) is 2.32. The summed E-state index contributed by atoms with van der Waals surface area (Å²) in [7, 11) is 0. The summed E-state index contributed by atoms with van der Waals surface area (Å²) in [5, 5.41) is 3.01. The van der Waals surface area contributed by atoms with Crippen molar-refractivity contribution < 1.29 is 4.79 Å². The van der Waals surface area contributed by atoms with Gasteiger partial charge in [-0.15, -0.1) is 0 Å². The van der Waals surface area contributed by atoms with Gasteiger partial charge in [0.05, 0.1) is 11.4 Å². The van der Waals surface area contributed by atoms with Crippen LogP contribution in [-0.4, -0.2) is 10.9 Å². The summed E-state index contributed by atoms with van der Waals surface area (Å²) in [4.78, 5) is 15.8. The third kappa shape index (κ3) is 2.78. The molecule has 0 aliphatic rings. The molecule has 1 aromatic heterocycles. The number of rotatable bonds is 2. The second-order valence-electron chi connectivity index (χ2n) is 3.91. The van der Waals surface area contributed by atoms with Crippen molar-refractivity contribution in [3.05, 3.63) is 52.8 Å². The average molecular weight is 262 g/mol. The summed E-state index contributed by atoms with van der Waals surface area (Å²) in [5.74, 6) is -0.269. The Labute approximate surface area is 110 Å². The number of amides is 1. The molecular formula is C13H12ClN3O. The first-order valence-electron chi connectivity index (χ1n) is 5.35. The number of nitrogens with two attached hydrogens (primary N) is 1. The minimum Gasteiger partial charge on any atom is -0.397 e. The zero-order valence-electron chi connectivity index (χ0n) is 9.77. The summed E-state index contributed by atoms with van der Waals surface area (Å²) in [6, 6.07) is 8.54. The summed E-state index contributed by atoms with van der Waals surface area (Å²) >= 11 is 5.73. The molecule has 1 amide bonds. The van der Waals surface area contributed by atoms with Crippen molar-refractivity contribution >= 4 is 28.9 Å². The van der Waals surface area contributed by atoms with E-state index in [1.807, 2.05) is 13.0 Å². The van der Waals surface area contributed by atoms with Crippen LogP contribution in [0.1, 0.15) is 15.9 Å². The first kappa shape index (κ1) is 12.4. The quantitative estimate of drug-likeness (QED) is 0.645. The number of nitrogens with one attached hydrogen (secondary N) is 1. The highest BCUT2D eigenvalue weighted by Crippen LogP contribution is 2.20. The fourth-order valence-electron chi connectivity index (χ4n) is 1.53. The maximum absolute atomic E-state index is 12.0. The fourth-order valence-corrected chi connectivity index (χ4v) is 1.71. The van der Waals surface area contributed by atoms with E-state index in [1.165, 1.54) is 12.3 Å². The fraction of sp³-hybridized carbons (Fsp3) is 0.0769. The van der Waals surface area contributed by atoms with Crippen molar-refractivity contribution in [2.75, 3.05) is 11.1 Å². The van der Waals surface area contributed by atoms with E-state index < -0.39 is 0 Å². The number of aryl methyl sites for hydroxylation is 1. The Hall–Kier alpha value is -2.07. The van der Waals surface area contributed by atoms with Gasteiger partial charge in [-0.3, -0.25) is 4.79 Å². The number of hydrogen-bond acceptors (Lipinski definition) is 3. The summed E-state index contributed by atoms with van der Waals surface area (Å²) in [6.45, 7) is 1.94. The molecule has 1 heterocycles. The maximum atomic E-state index is 12.0. The van der Waals surface area contributed by atoms with Gasteiger partial charge in [0.15, 0.2) is 0 Å². The van der Waals surface area contributed by atoms with Crippen molar-refractivity contribution in [2.24, 2.45) is 0 Å². The van der Waals surface area contributed by atoms with Crippen LogP contribution < -0.4 is 11.1 Å². The number of carbonyl (C=O) groups is 1. The normalized spacial score (nSPS) is 10.1. The van der Waals surface area contributed by atoms with Crippen LogP contribution in [0.4, 0.5) is 11.4 Å². The molecule has 2 aromatic rings. The lowest BCUT2D eigenvalue weighted by Gasteiger charge is -2.08. The predicted octanol–water partition coefficient (Wildman–Crippen LogP) is 2.88. The third-order valence-electron chi connectivity index (χ3n) is 2.44. The molecule has 92 valence electrons. The molecule has 5 heteroatoms. The molecule has 0 spiro atoms. The van der Waals surface area contributed by atoms with E-state index in [0.29, 0.717) is 16.9 Å². The molecule has 2 rings (SSSR count). The number of anilines is 2.